The van der Waals surface area contributed by atoms with Gasteiger partial charge in [-0.1, -0.05) is 6.07 Å². The summed E-state index contributed by atoms with van der Waals surface area (Å²) in [6, 6.07) is 5.84. The summed E-state index contributed by atoms with van der Waals surface area (Å²) in [6.07, 6.45) is 2.42. The van der Waals surface area contributed by atoms with Crippen molar-refractivity contribution >= 4 is 11.8 Å². The SMILES string of the molecule is O=C1C(=O)N2CCNCC2CN1CCc1ccccn1. The van der Waals surface area contributed by atoms with Crippen molar-refractivity contribution in [2.24, 2.45) is 0 Å². The summed E-state index contributed by atoms with van der Waals surface area (Å²) in [6.45, 7) is 3.32. The van der Waals surface area contributed by atoms with Crippen LogP contribution < -0.4 is 5.32 Å². The van der Waals surface area contributed by atoms with E-state index in [1.807, 2.05) is 18.2 Å². The molecular formula is C14H18N4O2. The lowest BCUT2D eigenvalue weighted by molar-refractivity contribution is -0.159. The van der Waals surface area contributed by atoms with Gasteiger partial charge in [0.15, 0.2) is 0 Å². The van der Waals surface area contributed by atoms with Gasteiger partial charge in [-0.25, -0.2) is 0 Å². The van der Waals surface area contributed by atoms with Crippen LogP contribution in [0.15, 0.2) is 24.4 Å². The third kappa shape index (κ3) is 2.51. The summed E-state index contributed by atoms with van der Waals surface area (Å²) in [7, 11) is 0. The maximum absolute atomic E-state index is 12.1. The van der Waals surface area contributed by atoms with E-state index in [1.54, 1.807) is 16.0 Å². The van der Waals surface area contributed by atoms with Crippen LogP contribution >= 0.6 is 0 Å². The van der Waals surface area contributed by atoms with Gasteiger partial charge in [0.25, 0.3) is 0 Å². The van der Waals surface area contributed by atoms with E-state index in [-0.39, 0.29) is 17.9 Å². The van der Waals surface area contributed by atoms with Crippen LogP contribution in [-0.4, -0.2) is 65.4 Å². The molecule has 6 nitrogen and oxygen atoms in total. The van der Waals surface area contributed by atoms with E-state index in [0.717, 1.165) is 18.8 Å². The summed E-state index contributed by atoms with van der Waals surface area (Å²) in [5.74, 6) is -0.733. The predicted octanol–water partition coefficient (Wildman–Crippen LogP) is -0.733. The van der Waals surface area contributed by atoms with E-state index in [1.165, 1.54) is 0 Å². The van der Waals surface area contributed by atoms with E-state index < -0.39 is 0 Å². The van der Waals surface area contributed by atoms with Crippen molar-refractivity contribution in [3.8, 4) is 0 Å². The van der Waals surface area contributed by atoms with Crippen LogP contribution in [0.25, 0.3) is 0 Å². The zero-order valence-electron chi connectivity index (χ0n) is 11.3. The van der Waals surface area contributed by atoms with Gasteiger partial charge in [-0.15, -0.1) is 0 Å². The van der Waals surface area contributed by atoms with Crippen molar-refractivity contribution in [3.05, 3.63) is 30.1 Å². The zero-order valence-corrected chi connectivity index (χ0v) is 11.3. The number of carbonyl (C=O) groups is 2. The van der Waals surface area contributed by atoms with Crippen molar-refractivity contribution in [1.29, 1.82) is 0 Å². The number of rotatable bonds is 3. The number of aromatic nitrogens is 1. The number of fused-ring (bicyclic) bond motifs is 1. The van der Waals surface area contributed by atoms with Crippen molar-refractivity contribution in [3.63, 3.8) is 0 Å². The fourth-order valence-electron chi connectivity index (χ4n) is 2.78. The maximum atomic E-state index is 12.1. The molecule has 2 fully saturated rings. The molecule has 3 rings (SSSR count). The summed E-state index contributed by atoms with van der Waals surface area (Å²) in [5, 5.41) is 3.27. The molecule has 1 aromatic heterocycles. The minimum absolute atomic E-state index is 0.109. The van der Waals surface area contributed by atoms with Crippen molar-refractivity contribution in [1.82, 2.24) is 20.1 Å². The quantitative estimate of drug-likeness (QED) is 0.738. The summed E-state index contributed by atoms with van der Waals surface area (Å²) >= 11 is 0. The van der Waals surface area contributed by atoms with E-state index in [9.17, 15) is 9.59 Å². The molecule has 0 spiro atoms. The number of nitrogens with one attached hydrogen (secondary N) is 1. The number of amides is 2. The van der Waals surface area contributed by atoms with Gasteiger partial charge in [0, 0.05) is 51.0 Å². The Hall–Kier alpha value is -1.95. The second-order valence-corrected chi connectivity index (χ2v) is 5.18. The Bertz CT molecular complexity index is 505. The normalized spacial score (nSPS) is 22.9. The van der Waals surface area contributed by atoms with Crippen molar-refractivity contribution < 1.29 is 9.59 Å². The van der Waals surface area contributed by atoms with Gasteiger partial charge < -0.3 is 15.1 Å². The maximum Gasteiger partial charge on any atom is 0.312 e. The lowest BCUT2D eigenvalue weighted by Gasteiger charge is -2.43. The summed E-state index contributed by atoms with van der Waals surface area (Å²) < 4.78 is 0. The number of nitrogens with zero attached hydrogens (tertiary/aromatic N) is 3. The molecule has 2 aliphatic heterocycles. The number of hydrogen-bond acceptors (Lipinski definition) is 4. The van der Waals surface area contributed by atoms with Crippen LogP contribution in [0.2, 0.25) is 0 Å². The summed E-state index contributed by atoms with van der Waals surface area (Å²) in [4.78, 5) is 31.8. The third-order valence-electron chi connectivity index (χ3n) is 3.88. The molecule has 0 bridgehead atoms. The molecule has 1 aromatic rings. The van der Waals surface area contributed by atoms with Crippen molar-refractivity contribution in [2.45, 2.75) is 12.5 Å². The smallest absolute Gasteiger partial charge is 0.312 e. The molecule has 20 heavy (non-hydrogen) atoms. The van der Waals surface area contributed by atoms with E-state index in [2.05, 4.69) is 10.3 Å². The Labute approximate surface area is 117 Å². The highest BCUT2D eigenvalue weighted by molar-refractivity contribution is 6.35. The monoisotopic (exact) mass is 274 g/mol. The number of pyridine rings is 1. The second-order valence-electron chi connectivity index (χ2n) is 5.18. The largest absolute Gasteiger partial charge is 0.332 e. The Morgan fingerprint density at radius 3 is 3.00 bits per heavy atom. The average Bonchev–Trinajstić information content (AvgIpc) is 2.50. The molecule has 1 N–H and O–H groups in total. The first-order valence-electron chi connectivity index (χ1n) is 6.96. The van der Waals surface area contributed by atoms with Crippen LogP contribution in [0.1, 0.15) is 5.69 Å². The van der Waals surface area contributed by atoms with Gasteiger partial charge in [-0.05, 0) is 12.1 Å². The van der Waals surface area contributed by atoms with E-state index >= 15 is 0 Å². The van der Waals surface area contributed by atoms with Crippen LogP contribution in [0.5, 0.6) is 0 Å². The fraction of sp³-hybridized carbons (Fsp3) is 0.500. The van der Waals surface area contributed by atoms with Gasteiger partial charge in [0.05, 0.1) is 6.04 Å². The first-order chi connectivity index (χ1) is 9.75. The first-order valence-corrected chi connectivity index (χ1v) is 6.96. The highest BCUT2D eigenvalue weighted by Crippen LogP contribution is 2.14. The Balaban J connectivity index is 1.64. The first kappa shape index (κ1) is 13.1. The predicted molar refractivity (Wildman–Crippen MR) is 72.9 cm³/mol. The fourth-order valence-corrected chi connectivity index (χ4v) is 2.78. The molecule has 106 valence electrons. The van der Waals surface area contributed by atoms with Gasteiger partial charge in [-0.2, -0.15) is 0 Å². The van der Waals surface area contributed by atoms with Crippen molar-refractivity contribution in [2.75, 3.05) is 32.7 Å². The molecule has 0 radical (unpaired) electrons. The molecule has 0 aromatic carbocycles. The average molecular weight is 274 g/mol. The standard InChI is InChI=1S/C14H18N4O2/c19-13-14(20)18-8-6-15-9-12(18)10-17(13)7-4-11-3-1-2-5-16-11/h1-3,5,12,15H,4,6-10H2. The Kier molecular flexibility index (Phi) is 3.64. The molecule has 0 saturated carbocycles. The molecule has 6 heteroatoms. The topological polar surface area (TPSA) is 65.5 Å². The number of hydrogen-bond donors (Lipinski definition) is 1. The molecule has 0 aliphatic carbocycles. The number of piperazine rings is 2. The molecule has 2 aliphatic rings. The minimum atomic E-state index is -0.376. The van der Waals surface area contributed by atoms with E-state index in [0.29, 0.717) is 26.1 Å². The van der Waals surface area contributed by atoms with Gasteiger partial charge in [0.2, 0.25) is 0 Å². The molecule has 2 amide bonds. The van der Waals surface area contributed by atoms with Crippen LogP contribution in [-0.2, 0) is 16.0 Å². The minimum Gasteiger partial charge on any atom is -0.332 e. The van der Waals surface area contributed by atoms with Crippen LogP contribution in [0.4, 0.5) is 0 Å². The van der Waals surface area contributed by atoms with Gasteiger partial charge in [-0.3, -0.25) is 14.6 Å². The lowest BCUT2D eigenvalue weighted by atomic mass is 10.1. The Morgan fingerprint density at radius 2 is 2.20 bits per heavy atom. The van der Waals surface area contributed by atoms with E-state index in [4.69, 9.17) is 0 Å². The Morgan fingerprint density at radius 1 is 1.30 bits per heavy atom. The van der Waals surface area contributed by atoms with Crippen LogP contribution in [0, 0.1) is 0 Å². The van der Waals surface area contributed by atoms with Gasteiger partial charge >= 0.3 is 11.8 Å². The molecule has 3 heterocycles. The highest BCUT2D eigenvalue weighted by Gasteiger charge is 2.39. The zero-order chi connectivity index (χ0) is 13.9. The number of carbonyl (C=O) groups excluding carboxylic acids is 2. The van der Waals surface area contributed by atoms with Crippen LogP contribution in [0.3, 0.4) is 0 Å². The molecule has 1 unspecified atom stereocenters. The van der Waals surface area contributed by atoms with Gasteiger partial charge in [0.1, 0.15) is 0 Å². The molecule has 1 atom stereocenters. The lowest BCUT2D eigenvalue weighted by Crippen LogP contribution is -2.65. The third-order valence-corrected chi connectivity index (χ3v) is 3.88. The second kappa shape index (κ2) is 5.58. The highest BCUT2D eigenvalue weighted by atomic mass is 16.2. The molecular weight excluding hydrogens is 256 g/mol. The summed E-state index contributed by atoms with van der Waals surface area (Å²) in [5.41, 5.74) is 0.942. The molecule has 2 saturated heterocycles.